The van der Waals surface area contributed by atoms with Crippen LogP contribution in [0.15, 0.2) is 77.7 Å². The minimum atomic E-state index is 0.748. The van der Waals surface area contributed by atoms with Crippen molar-refractivity contribution in [2.24, 2.45) is 0 Å². The Bertz CT molecular complexity index is 940. The summed E-state index contributed by atoms with van der Waals surface area (Å²) in [5.41, 5.74) is 6.90. The number of nitrogens with zero attached hydrogens (tertiary/aromatic N) is 2. The van der Waals surface area contributed by atoms with Crippen LogP contribution in [0, 0.1) is 0 Å². The van der Waals surface area contributed by atoms with Crippen LogP contribution in [0.4, 0.5) is 0 Å². The maximum atomic E-state index is 5.14. The molecule has 0 saturated heterocycles. The van der Waals surface area contributed by atoms with Gasteiger partial charge < -0.3 is 4.74 Å². The van der Waals surface area contributed by atoms with E-state index < -0.39 is 0 Å². The van der Waals surface area contributed by atoms with Crippen LogP contribution < -0.4 is 0 Å². The molecule has 0 bridgehead atoms. The van der Waals surface area contributed by atoms with Crippen molar-refractivity contribution in [2.45, 2.75) is 24.4 Å². The molecule has 30 heavy (non-hydrogen) atoms. The highest BCUT2D eigenvalue weighted by atomic mass is 32.2. The van der Waals surface area contributed by atoms with Crippen LogP contribution in [-0.4, -0.2) is 43.1 Å². The third kappa shape index (κ3) is 5.52. The van der Waals surface area contributed by atoms with E-state index >= 15 is 0 Å². The van der Waals surface area contributed by atoms with Gasteiger partial charge >= 0.3 is 0 Å². The first kappa shape index (κ1) is 21.1. The highest BCUT2D eigenvalue weighted by molar-refractivity contribution is 7.97. The van der Waals surface area contributed by atoms with E-state index in [2.05, 4.69) is 89.0 Å². The van der Waals surface area contributed by atoms with Crippen molar-refractivity contribution < 1.29 is 4.74 Å². The molecule has 0 N–H and O–H groups in total. The lowest BCUT2D eigenvalue weighted by Crippen LogP contribution is -2.29. The summed E-state index contributed by atoms with van der Waals surface area (Å²) in [4.78, 5) is 3.79. The average Bonchev–Trinajstić information content (AvgIpc) is 2.79. The van der Waals surface area contributed by atoms with E-state index in [-0.39, 0.29) is 0 Å². The second kappa shape index (κ2) is 10.3. The van der Waals surface area contributed by atoms with Gasteiger partial charge in [0.2, 0.25) is 0 Å². The Labute approximate surface area is 184 Å². The normalized spacial score (nSPS) is 14.1. The second-order valence-corrected chi connectivity index (χ2v) is 9.16. The van der Waals surface area contributed by atoms with E-state index in [0.717, 1.165) is 39.2 Å². The Balaban J connectivity index is 1.34. The van der Waals surface area contributed by atoms with Gasteiger partial charge in [0.15, 0.2) is 0 Å². The molecule has 0 spiro atoms. The smallest absolute Gasteiger partial charge is 0.0599 e. The fourth-order valence-electron chi connectivity index (χ4n) is 3.90. The monoisotopic (exact) mass is 418 g/mol. The van der Waals surface area contributed by atoms with Gasteiger partial charge in [0.1, 0.15) is 0 Å². The van der Waals surface area contributed by atoms with Crippen LogP contribution in [0.1, 0.15) is 16.7 Å². The van der Waals surface area contributed by atoms with Crippen molar-refractivity contribution in [3.05, 3.63) is 89.5 Å². The Kier molecular flexibility index (Phi) is 7.24. The molecule has 0 aromatic heterocycles. The summed E-state index contributed by atoms with van der Waals surface area (Å²) < 4.78 is 7.34. The lowest BCUT2D eigenvalue weighted by Gasteiger charge is -2.28. The number of rotatable bonds is 8. The summed E-state index contributed by atoms with van der Waals surface area (Å²) in [7, 11) is 3.83. The van der Waals surface area contributed by atoms with Crippen molar-refractivity contribution in [1.29, 1.82) is 0 Å². The summed E-state index contributed by atoms with van der Waals surface area (Å²) in [6.07, 6.45) is 1.15. The molecule has 3 aromatic carbocycles. The molecule has 0 aliphatic carbocycles. The fraction of sp³-hybridized carbons (Fsp3) is 0.308. The number of fused-ring (bicyclic) bond motifs is 1. The van der Waals surface area contributed by atoms with Crippen LogP contribution in [-0.2, 0) is 24.2 Å². The van der Waals surface area contributed by atoms with Gasteiger partial charge in [-0.15, -0.1) is 0 Å². The van der Waals surface area contributed by atoms with Crippen LogP contribution in [0.25, 0.3) is 11.1 Å². The molecule has 0 fully saturated rings. The molecule has 0 radical (unpaired) electrons. The van der Waals surface area contributed by atoms with Crippen molar-refractivity contribution in [1.82, 2.24) is 9.21 Å². The molecular formula is C26H30N2OS. The number of methoxy groups -OCH3 is 1. The Hall–Kier alpha value is -2.11. The summed E-state index contributed by atoms with van der Waals surface area (Å²) >= 11 is 1.75. The van der Waals surface area contributed by atoms with E-state index in [1.165, 1.54) is 32.7 Å². The SMILES string of the molecule is COCCN(C)Sc1ccc(-c2ccc(CN3CCc4ccccc4C3)cc2)cc1. The van der Waals surface area contributed by atoms with Gasteiger partial charge in [0, 0.05) is 38.2 Å². The number of hydrogen-bond acceptors (Lipinski definition) is 4. The van der Waals surface area contributed by atoms with E-state index in [1.807, 2.05) is 0 Å². The zero-order valence-electron chi connectivity index (χ0n) is 17.9. The minimum Gasteiger partial charge on any atom is -0.383 e. The lowest BCUT2D eigenvalue weighted by molar-refractivity contribution is 0.188. The third-order valence-electron chi connectivity index (χ3n) is 5.63. The average molecular weight is 419 g/mol. The van der Waals surface area contributed by atoms with Gasteiger partial charge in [-0.1, -0.05) is 60.7 Å². The Morgan fingerprint density at radius 1 is 0.900 bits per heavy atom. The highest BCUT2D eigenvalue weighted by Crippen LogP contribution is 2.26. The highest BCUT2D eigenvalue weighted by Gasteiger charge is 2.15. The molecule has 0 atom stereocenters. The zero-order valence-corrected chi connectivity index (χ0v) is 18.7. The molecule has 1 aliphatic heterocycles. The predicted octanol–water partition coefficient (Wildman–Crippen LogP) is 5.50. The van der Waals surface area contributed by atoms with Crippen LogP contribution >= 0.6 is 11.9 Å². The van der Waals surface area contributed by atoms with Gasteiger partial charge in [0.05, 0.1) is 6.61 Å². The maximum absolute atomic E-state index is 5.14. The summed E-state index contributed by atoms with van der Waals surface area (Å²) in [6, 6.07) is 26.7. The van der Waals surface area contributed by atoms with Crippen molar-refractivity contribution in [3.63, 3.8) is 0 Å². The van der Waals surface area contributed by atoms with Gasteiger partial charge in [-0.3, -0.25) is 4.90 Å². The molecule has 1 heterocycles. The molecule has 4 rings (SSSR count). The van der Waals surface area contributed by atoms with Gasteiger partial charge in [0.25, 0.3) is 0 Å². The molecule has 1 aliphatic rings. The molecule has 4 heteroatoms. The Morgan fingerprint density at radius 3 is 2.27 bits per heavy atom. The maximum Gasteiger partial charge on any atom is 0.0599 e. The number of hydrogen-bond donors (Lipinski definition) is 0. The number of benzene rings is 3. The molecular weight excluding hydrogens is 388 g/mol. The fourth-order valence-corrected chi connectivity index (χ4v) is 4.69. The first-order valence-corrected chi connectivity index (χ1v) is 11.3. The third-order valence-corrected chi connectivity index (χ3v) is 6.61. The second-order valence-electron chi connectivity index (χ2n) is 7.89. The zero-order chi connectivity index (χ0) is 20.8. The first-order chi connectivity index (χ1) is 14.7. The molecule has 0 amide bonds. The van der Waals surface area contributed by atoms with E-state index in [1.54, 1.807) is 19.1 Å². The topological polar surface area (TPSA) is 15.7 Å². The van der Waals surface area contributed by atoms with Crippen molar-refractivity contribution >= 4 is 11.9 Å². The number of ether oxygens (including phenoxy) is 1. The standard InChI is InChI=1S/C26H30N2OS/c1-27(17-18-29-2)30-26-13-11-24(12-14-26)23-9-7-21(8-10-23)19-28-16-15-22-5-3-4-6-25(22)20-28/h3-14H,15-20H2,1-2H3. The van der Waals surface area contributed by atoms with Crippen molar-refractivity contribution in [2.75, 3.05) is 33.9 Å². The van der Waals surface area contributed by atoms with E-state index in [4.69, 9.17) is 4.74 Å². The van der Waals surface area contributed by atoms with E-state index in [0.29, 0.717) is 0 Å². The van der Waals surface area contributed by atoms with Crippen LogP contribution in [0.5, 0.6) is 0 Å². The largest absolute Gasteiger partial charge is 0.383 e. The number of likely N-dealkylation sites (N-methyl/N-ethyl adjacent to an activating group) is 1. The summed E-state index contributed by atoms with van der Waals surface area (Å²) in [5, 5.41) is 0. The van der Waals surface area contributed by atoms with Crippen LogP contribution in [0.3, 0.4) is 0 Å². The van der Waals surface area contributed by atoms with Gasteiger partial charge in [-0.05, 0) is 65.4 Å². The summed E-state index contributed by atoms with van der Waals surface area (Å²) in [6.45, 7) is 4.86. The Morgan fingerprint density at radius 2 is 1.57 bits per heavy atom. The van der Waals surface area contributed by atoms with Crippen molar-refractivity contribution in [3.8, 4) is 11.1 Å². The predicted molar refractivity (Wildman–Crippen MR) is 127 cm³/mol. The molecule has 0 unspecified atom stereocenters. The molecule has 0 saturated carbocycles. The summed E-state index contributed by atoms with van der Waals surface area (Å²) in [5.74, 6) is 0. The van der Waals surface area contributed by atoms with Crippen LogP contribution in [0.2, 0.25) is 0 Å². The van der Waals surface area contributed by atoms with E-state index in [9.17, 15) is 0 Å². The minimum absolute atomic E-state index is 0.748. The molecule has 156 valence electrons. The molecule has 3 nitrogen and oxygen atoms in total. The quantitative estimate of drug-likeness (QED) is 0.449. The van der Waals surface area contributed by atoms with Gasteiger partial charge in [-0.25, -0.2) is 4.31 Å². The molecule has 3 aromatic rings. The first-order valence-electron chi connectivity index (χ1n) is 10.6. The van der Waals surface area contributed by atoms with Gasteiger partial charge in [-0.2, -0.15) is 0 Å². The lowest BCUT2D eigenvalue weighted by atomic mass is 9.99.